The van der Waals surface area contributed by atoms with Crippen molar-refractivity contribution < 1.29 is 29.0 Å². The maximum atomic E-state index is 15.2. The lowest BCUT2D eigenvalue weighted by molar-refractivity contribution is -0.131. The van der Waals surface area contributed by atoms with Gasteiger partial charge >= 0.3 is 0 Å². The molecule has 0 bridgehead atoms. The Labute approximate surface area is 334 Å². The summed E-state index contributed by atoms with van der Waals surface area (Å²) >= 11 is 11.3. The van der Waals surface area contributed by atoms with Gasteiger partial charge in [0.05, 0.1) is 40.3 Å². The first-order chi connectivity index (χ1) is 26.4. The number of nitrogens with zero attached hydrogens (tertiary/aromatic N) is 4. The minimum Gasteiger partial charge on any atom is -0.491 e. The summed E-state index contributed by atoms with van der Waals surface area (Å²) in [6.45, 7) is 3.68. The fraction of sp³-hybridized carbons (Fsp3) is 0.310. The van der Waals surface area contributed by atoms with Crippen LogP contribution in [0.15, 0.2) is 88.9 Å². The van der Waals surface area contributed by atoms with Crippen LogP contribution in [0.2, 0.25) is 5.02 Å². The molecular weight excluding hydrogens is 804 g/mol. The number of rotatable bonds is 7. The number of ether oxygens (including phenoxy) is 1. The third-order valence-electron chi connectivity index (χ3n) is 12.2. The van der Waals surface area contributed by atoms with Crippen molar-refractivity contribution in [1.82, 2.24) is 9.78 Å². The molecule has 2 saturated heterocycles. The van der Waals surface area contributed by atoms with Gasteiger partial charge in [0.15, 0.2) is 0 Å². The minimum atomic E-state index is -1.28. The average molecular weight is 840 g/mol. The highest BCUT2D eigenvalue weighted by Crippen LogP contribution is 2.64. The van der Waals surface area contributed by atoms with Crippen molar-refractivity contribution in [3.05, 3.63) is 105 Å². The number of hydrogen-bond donors (Lipinski definition) is 1. The van der Waals surface area contributed by atoms with E-state index in [1.54, 1.807) is 59.5 Å². The van der Waals surface area contributed by atoms with Crippen LogP contribution in [-0.2, 0) is 26.2 Å². The zero-order valence-corrected chi connectivity index (χ0v) is 33.3. The molecule has 13 heteroatoms. The van der Waals surface area contributed by atoms with Crippen LogP contribution in [0, 0.1) is 36.0 Å². The van der Waals surface area contributed by atoms with E-state index in [-0.39, 0.29) is 43.3 Å². The molecular formula is C42H36BrClN4O6S. The molecule has 5 aromatic rings. The van der Waals surface area contributed by atoms with Gasteiger partial charge in [-0.15, -0.1) is 11.3 Å². The van der Waals surface area contributed by atoms with E-state index < -0.39 is 35.0 Å². The van der Waals surface area contributed by atoms with Crippen molar-refractivity contribution in [1.29, 1.82) is 0 Å². The van der Waals surface area contributed by atoms with Crippen molar-refractivity contribution in [3.63, 3.8) is 0 Å². The molecule has 280 valence electrons. The molecule has 0 spiro atoms. The van der Waals surface area contributed by atoms with E-state index >= 15 is 4.79 Å². The summed E-state index contributed by atoms with van der Waals surface area (Å²) in [6.07, 6.45) is 2.56. The van der Waals surface area contributed by atoms with Gasteiger partial charge in [-0.1, -0.05) is 57.4 Å². The second-order valence-electron chi connectivity index (χ2n) is 15.0. The number of carbonyl (C=O) groups excluding carboxylic acids is 4. The Morgan fingerprint density at radius 1 is 0.982 bits per heavy atom. The predicted molar refractivity (Wildman–Crippen MR) is 214 cm³/mol. The third-order valence-corrected chi connectivity index (χ3v) is 14.2. The highest BCUT2D eigenvalue weighted by molar-refractivity contribution is 9.10. The molecule has 3 aromatic carbocycles. The molecule has 4 amide bonds. The van der Waals surface area contributed by atoms with E-state index in [1.165, 1.54) is 9.80 Å². The van der Waals surface area contributed by atoms with Crippen molar-refractivity contribution in [3.8, 4) is 16.3 Å². The highest BCUT2D eigenvalue weighted by Gasteiger charge is 2.68. The quantitative estimate of drug-likeness (QED) is 0.131. The van der Waals surface area contributed by atoms with Gasteiger partial charge in [0.1, 0.15) is 23.9 Å². The van der Waals surface area contributed by atoms with Gasteiger partial charge in [0.2, 0.25) is 23.6 Å². The number of para-hydroxylation sites is 1. The number of carbonyl (C=O) groups is 4. The molecule has 4 heterocycles. The lowest BCUT2D eigenvalue weighted by atomic mass is 9.51. The zero-order valence-electron chi connectivity index (χ0n) is 30.2. The van der Waals surface area contributed by atoms with Crippen molar-refractivity contribution in [2.45, 2.75) is 32.6 Å². The number of aliphatic hydroxyl groups is 1. The standard InChI is InChI=1S/C42H36BrClN4O6S/c1-21-28-18-23(44)10-15-33(28)55-37(21)31-20-34(46(3)45-31)48-39(51)30-19-29-25(36(42(30,2)41(48)53)26-6-4-5-7-32(26)54-17-16-49)13-14-27-35(29)40(52)47(38(27)50)24-11-8-22(43)9-12-24/h4-13,15,18,20,27,29-30,35-36,49H,14,16-17,19H2,1-3H3. The van der Waals surface area contributed by atoms with Gasteiger partial charge in [-0.05, 0) is 92.1 Å². The van der Waals surface area contributed by atoms with E-state index in [9.17, 15) is 19.5 Å². The van der Waals surface area contributed by atoms with Crippen molar-refractivity contribution in [2.24, 2.45) is 36.1 Å². The number of halogens is 2. The largest absolute Gasteiger partial charge is 0.491 e. The van der Waals surface area contributed by atoms with Crippen LogP contribution in [0.5, 0.6) is 5.75 Å². The number of aryl methyl sites for hydroxylation is 2. The summed E-state index contributed by atoms with van der Waals surface area (Å²) in [7, 11) is 1.73. The number of aromatic nitrogens is 2. The van der Waals surface area contributed by atoms with Gasteiger partial charge in [0, 0.05) is 38.8 Å². The van der Waals surface area contributed by atoms with Crippen LogP contribution < -0.4 is 14.5 Å². The first-order valence-electron chi connectivity index (χ1n) is 18.2. The monoisotopic (exact) mass is 838 g/mol. The molecule has 4 aliphatic rings. The highest BCUT2D eigenvalue weighted by atomic mass is 79.9. The molecule has 1 N–H and O–H groups in total. The van der Waals surface area contributed by atoms with Crippen LogP contribution in [0.25, 0.3) is 20.7 Å². The molecule has 2 aromatic heterocycles. The van der Waals surface area contributed by atoms with Crippen LogP contribution >= 0.6 is 38.9 Å². The summed E-state index contributed by atoms with van der Waals surface area (Å²) in [5, 5.41) is 16.2. The van der Waals surface area contributed by atoms with E-state index in [0.717, 1.165) is 30.6 Å². The number of hydrogen-bond acceptors (Lipinski definition) is 8. The number of amides is 4. The first-order valence-corrected chi connectivity index (χ1v) is 20.2. The third kappa shape index (κ3) is 5.32. The molecule has 0 radical (unpaired) electrons. The molecule has 1 saturated carbocycles. The van der Waals surface area contributed by atoms with E-state index in [4.69, 9.17) is 21.4 Å². The second-order valence-corrected chi connectivity index (χ2v) is 17.4. The number of fused-ring (bicyclic) bond motifs is 5. The Morgan fingerprint density at radius 3 is 2.51 bits per heavy atom. The normalized spacial score (nSPS) is 26.1. The van der Waals surface area contributed by atoms with Gasteiger partial charge in [-0.3, -0.25) is 28.8 Å². The number of imide groups is 2. The summed E-state index contributed by atoms with van der Waals surface area (Å²) in [5.41, 5.74) is 2.40. The Morgan fingerprint density at radius 2 is 1.75 bits per heavy atom. The van der Waals surface area contributed by atoms with Gasteiger partial charge in [-0.2, -0.15) is 5.10 Å². The Bertz CT molecular complexity index is 2490. The summed E-state index contributed by atoms with van der Waals surface area (Å²) in [6, 6.07) is 22.0. The molecule has 2 aliphatic heterocycles. The van der Waals surface area contributed by atoms with Crippen LogP contribution in [0.1, 0.15) is 36.8 Å². The number of benzene rings is 3. The van der Waals surface area contributed by atoms with E-state index in [1.807, 2.05) is 56.3 Å². The zero-order chi connectivity index (χ0) is 38.5. The van der Waals surface area contributed by atoms with Gasteiger partial charge in [0.25, 0.3) is 0 Å². The molecule has 55 heavy (non-hydrogen) atoms. The van der Waals surface area contributed by atoms with Crippen molar-refractivity contribution in [2.75, 3.05) is 23.0 Å². The summed E-state index contributed by atoms with van der Waals surface area (Å²) in [5.74, 6) is -3.76. The summed E-state index contributed by atoms with van der Waals surface area (Å²) < 4.78 is 9.52. The fourth-order valence-electron chi connectivity index (χ4n) is 9.64. The Kier molecular flexibility index (Phi) is 8.69. The summed E-state index contributed by atoms with van der Waals surface area (Å²) in [4.78, 5) is 62.1. The van der Waals surface area contributed by atoms with Crippen LogP contribution in [-0.4, -0.2) is 51.7 Å². The maximum Gasteiger partial charge on any atom is 0.242 e. The Balaban J connectivity index is 1.16. The maximum absolute atomic E-state index is 15.2. The number of allylic oxidation sites excluding steroid dienone is 2. The number of anilines is 2. The SMILES string of the molecule is Cc1c(-c2cc(N3C(=O)C4CC5C(=CCC6C(=O)N(c7ccc(Br)cc7)C(=O)C65)C(c5ccccc5OCCO)C4(C)C3=O)n(C)n2)sc2ccc(Cl)cc12. The van der Waals surface area contributed by atoms with Gasteiger partial charge in [-0.25, -0.2) is 4.90 Å². The molecule has 6 atom stereocenters. The van der Waals surface area contributed by atoms with E-state index in [2.05, 4.69) is 15.9 Å². The predicted octanol–water partition coefficient (Wildman–Crippen LogP) is 7.83. The lowest BCUT2D eigenvalue weighted by Gasteiger charge is -2.49. The lowest BCUT2D eigenvalue weighted by Crippen LogP contribution is -2.49. The average Bonchev–Trinajstić information content (AvgIpc) is 3.84. The molecule has 9 rings (SSSR count). The molecule has 10 nitrogen and oxygen atoms in total. The fourth-order valence-corrected chi connectivity index (χ4v) is 11.2. The minimum absolute atomic E-state index is 0.0341. The second kappa shape index (κ2) is 13.3. The first kappa shape index (κ1) is 36.0. The smallest absolute Gasteiger partial charge is 0.242 e. The van der Waals surface area contributed by atoms with Crippen LogP contribution in [0.3, 0.4) is 0 Å². The van der Waals surface area contributed by atoms with Crippen LogP contribution in [0.4, 0.5) is 11.5 Å². The topological polar surface area (TPSA) is 122 Å². The molecule has 2 aliphatic carbocycles. The molecule has 3 fully saturated rings. The van der Waals surface area contributed by atoms with Crippen molar-refractivity contribution >= 4 is 84.1 Å². The van der Waals surface area contributed by atoms with Gasteiger partial charge < -0.3 is 9.84 Å². The Hall–Kier alpha value is -4.62. The van der Waals surface area contributed by atoms with E-state index in [0.29, 0.717) is 40.0 Å². The molecule has 6 unspecified atom stereocenters. The number of thiophene rings is 1. The number of aliphatic hydroxyl groups excluding tert-OH is 1.